The molecule has 8 nitrogen and oxygen atoms in total. The Morgan fingerprint density at radius 2 is 1.51 bits per heavy atom. The van der Waals surface area contributed by atoms with Gasteiger partial charge in [0.2, 0.25) is 0 Å². The van der Waals surface area contributed by atoms with E-state index in [1.165, 1.54) is 0 Å². The molecule has 0 radical (unpaired) electrons. The number of hydrogen-bond acceptors (Lipinski definition) is 8. The Morgan fingerprint density at radius 3 is 2.24 bits per heavy atom. The van der Waals surface area contributed by atoms with E-state index in [1.54, 1.807) is 25.2 Å². The minimum Gasteiger partial charge on any atom is -0.497 e. The molecule has 0 aliphatic carbocycles. The van der Waals surface area contributed by atoms with Gasteiger partial charge in [-0.1, -0.05) is 47.6 Å². The van der Waals surface area contributed by atoms with E-state index in [-0.39, 0.29) is 5.25 Å². The van der Waals surface area contributed by atoms with Crippen LogP contribution in [0.15, 0.2) is 119 Å². The number of hydrogen-bond donors (Lipinski definition) is 0. The second-order valence-electron chi connectivity index (χ2n) is 9.76. The lowest BCUT2D eigenvalue weighted by Gasteiger charge is -2.35. The predicted octanol–water partition coefficient (Wildman–Crippen LogP) is 6.57. The molecule has 0 spiro atoms. The van der Waals surface area contributed by atoms with Crippen LogP contribution in [0.1, 0.15) is 28.5 Å². The minimum absolute atomic E-state index is 0.0272. The number of thioether (sulfide) groups is 1. The highest BCUT2D eigenvalue weighted by Gasteiger charge is 2.55. The number of nitrogens with zero attached hydrogens (tertiary/aromatic N) is 5. The molecule has 5 aromatic rings. The zero-order valence-electron chi connectivity index (χ0n) is 22.5. The molecule has 2 aliphatic heterocycles. The van der Waals surface area contributed by atoms with Crippen molar-refractivity contribution in [1.29, 1.82) is 0 Å². The van der Waals surface area contributed by atoms with Crippen molar-refractivity contribution in [3.63, 3.8) is 0 Å². The molecule has 0 saturated heterocycles. The summed E-state index contributed by atoms with van der Waals surface area (Å²) in [6.07, 6.45) is 2.35. The number of amidine groups is 1. The molecule has 9 heteroatoms. The van der Waals surface area contributed by atoms with E-state index in [2.05, 4.69) is 40.3 Å². The van der Waals surface area contributed by atoms with E-state index in [4.69, 9.17) is 24.6 Å². The average Bonchev–Trinajstić information content (AvgIpc) is 3.65. The molecule has 41 heavy (non-hydrogen) atoms. The Hall–Kier alpha value is -4.76. The van der Waals surface area contributed by atoms with Gasteiger partial charge in [0.25, 0.3) is 5.72 Å². The number of para-hydroxylation sites is 2. The first kappa shape index (κ1) is 25.2. The van der Waals surface area contributed by atoms with Crippen molar-refractivity contribution in [2.45, 2.75) is 22.3 Å². The fourth-order valence-corrected chi connectivity index (χ4v) is 6.66. The van der Waals surface area contributed by atoms with Gasteiger partial charge in [-0.25, -0.2) is 0 Å². The van der Waals surface area contributed by atoms with Crippen LogP contribution in [0, 0.1) is 0 Å². The SMILES string of the molecule is COc1ccc(C2=NOC3(c4cnn(-c5ccccc5)n4)CC(c4ccc(OC)cc4)Sc4ccccc4N23)cc1. The number of methoxy groups -OCH3 is 2. The fraction of sp³-hybridized carbons (Fsp3) is 0.156. The molecule has 0 bridgehead atoms. The molecule has 2 atom stereocenters. The Balaban J connectivity index is 1.40. The quantitative estimate of drug-likeness (QED) is 0.232. The molecule has 0 N–H and O–H groups in total. The summed E-state index contributed by atoms with van der Waals surface area (Å²) in [6.45, 7) is 0. The van der Waals surface area contributed by atoms with Crippen LogP contribution < -0.4 is 14.4 Å². The van der Waals surface area contributed by atoms with Crippen LogP contribution in [-0.4, -0.2) is 35.0 Å². The molecule has 1 aromatic heterocycles. The van der Waals surface area contributed by atoms with Crippen molar-refractivity contribution in [3.8, 4) is 17.2 Å². The molecule has 2 unspecified atom stereocenters. The molecule has 204 valence electrons. The van der Waals surface area contributed by atoms with E-state index < -0.39 is 5.72 Å². The third-order valence-corrected chi connectivity index (χ3v) is 8.73. The van der Waals surface area contributed by atoms with Gasteiger partial charge in [0.15, 0.2) is 11.5 Å². The number of rotatable bonds is 6. The smallest absolute Gasteiger partial charge is 0.263 e. The Bertz CT molecular complexity index is 1710. The number of anilines is 1. The van der Waals surface area contributed by atoms with E-state index in [1.807, 2.05) is 84.6 Å². The van der Waals surface area contributed by atoms with Crippen molar-refractivity contribution in [2.24, 2.45) is 5.16 Å². The Morgan fingerprint density at radius 1 is 0.829 bits per heavy atom. The molecule has 7 rings (SSSR count). The lowest BCUT2D eigenvalue weighted by atomic mass is 9.96. The highest BCUT2D eigenvalue weighted by atomic mass is 32.2. The van der Waals surface area contributed by atoms with Crippen molar-refractivity contribution in [1.82, 2.24) is 15.0 Å². The Labute approximate surface area is 242 Å². The molecule has 3 heterocycles. The van der Waals surface area contributed by atoms with Crippen LogP contribution >= 0.6 is 11.8 Å². The topological polar surface area (TPSA) is 74.0 Å². The summed E-state index contributed by atoms with van der Waals surface area (Å²) >= 11 is 1.81. The van der Waals surface area contributed by atoms with E-state index >= 15 is 0 Å². The van der Waals surface area contributed by atoms with Gasteiger partial charge in [-0.2, -0.15) is 9.90 Å². The summed E-state index contributed by atoms with van der Waals surface area (Å²) in [5, 5.41) is 14.4. The second kappa shape index (κ2) is 10.3. The first-order chi connectivity index (χ1) is 20.2. The molecule has 0 saturated carbocycles. The van der Waals surface area contributed by atoms with Crippen molar-refractivity contribution in [3.05, 3.63) is 126 Å². The lowest BCUT2D eigenvalue weighted by molar-refractivity contribution is -0.0318. The maximum Gasteiger partial charge on any atom is 0.263 e. The van der Waals surface area contributed by atoms with Crippen LogP contribution in [0.2, 0.25) is 0 Å². The molecule has 0 fully saturated rings. The zero-order valence-corrected chi connectivity index (χ0v) is 23.4. The highest BCUT2D eigenvalue weighted by Crippen LogP contribution is 2.55. The van der Waals surface area contributed by atoms with Crippen LogP contribution in [0.3, 0.4) is 0 Å². The third-order valence-electron chi connectivity index (χ3n) is 7.41. The van der Waals surface area contributed by atoms with Crippen molar-refractivity contribution >= 4 is 23.3 Å². The monoisotopic (exact) mass is 561 g/mol. The number of benzene rings is 4. The Kier molecular flexibility index (Phi) is 6.36. The highest BCUT2D eigenvalue weighted by molar-refractivity contribution is 7.99. The third kappa shape index (κ3) is 4.38. The number of oxime groups is 1. The maximum absolute atomic E-state index is 6.57. The summed E-state index contributed by atoms with van der Waals surface area (Å²) in [4.78, 5) is 11.5. The number of fused-ring (bicyclic) bond motifs is 3. The normalized spacial score (nSPS) is 19.4. The van der Waals surface area contributed by atoms with Crippen molar-refractivity contribution in [2.75, 3.05) is 19.1 Å². The second-order valence-corrected chi connectivity index (χ2v) is 11.0. The van der Waals surface area contributed by atoms with Gasteiger partial charge in [0, 0.05) is 22.1 Å². The number of aromatic nitrogens is 3. The van der Waals surface area contributed by atoms with Gasteiger partial charge in [-0.15, -0.1) is 16.9 Å². The summed E-state index contributed by atoms with van der Waals surface area (Å²) < 4.78 is 10.8. The van der Waals surface area contributed by atoms with Gasteiger partial charge < -0.3 is 14.3 Å². The molecule has 2 aliphatic rings. The largest absolute Gasteiger partial charge is 0.497 e. The standard InChI is InChI=1S/C32H27N5O3S/c1-38-25-16-12-22(13-17-25)29-20-32(30-21-33-37(34-30)24-8-4-3-5-9-24)36(27-10-6-7-11-28(27)41-29)31(35-40-32)23-14-18-26(39-2)19-15-23/h3-19,21,29H,20H2,1-2H3. The van der Waals surface area contributed by atoms with Crippen molar-refractivity contribution < 1.29 is 14.3 Å². The zero-order chi connectivity index (χ0) is 27.8. The minimum atomic E-state index is -1.05. The van der Waals surface area contributed by atoms with Crippen LogP contribution in [-0.2, 0) is 10.6 Å². The van der Waals surface area contributed by atoms with Crippen LogP contribution in [0.25, 0.3) is 5.69 Å². The van der Waals surface area contributed by atoms with E-state index in [0.717, 1.165) is 38.9 Å². The van der Waals surface area contributed by atoms with E-state index in [9.17, 15) is 0 Å². The molecule has 4 aromatic carbocycles. The fourth-order valence-electron chi connectivity index (χ4n) is 5.32. The maximum atomic E-state index is 6.57. The molecular weight excluding hydrogens is 534 g/mol. The molecule has 0 amide bonds. The van der Waals surface area contributed by atoms with Gasteiger partial charge in [-0.3, -0.25) is 4.90 Å². The first-order valence-corrected chi connectivity index (χ1v) is 14.2. The van der Waals surface area contributed by atoms with E-state index in [0.29, 0.717) is 18.0 Å². The summed E-state index contributed by atoms with van der Waals surface area (Å²) in [5.41, 5.74) is 3.55. The van der Waals surface area contributed by atoms with Gasteiger partial charge >= 0.3 is 0 Å². The first-order valence-electron chi connectivity index (χ1n) is 13.3. The summed E-state index contributed by atoms with van der Waals surface area (Å²) in [5.74, 6) is 2.29. The van der Waals surface area contributed by atoms with Gasteiger partial charge in [0.05, 0.1) is 31.8 Å². The average molecular weight is 562 g/mol. The van der Waals surface area contributed by atoms with Crippen LogP contribution in [0.4, 0.5) is 5.69 Å². The summed E-state index contributed by atoms with van der Waals surface area (Å²) in [7, 11) is 3.34. The lowest BCUT2D eigenvalue weighted by Crippen LogP contribution is -2.47. The summed E-state index contributed by atoms with van der Waals surface area (Å²) in [6, 6.07) is 34.3. The van der Waals surface area contributed by atoms with Gasteiger partial charge in [-0.05, 0) is 66.2 Å². The van der Waals surface area contributed by atoms with Crippen LogP contribution in [0.5, 0.6) is 11.5 Å². The molecular formula is C32H27N5O3S. The predicted molar refractivity (Wildman–Crippen MR) is 159 cm³/mol. The van der Waals surface area contributed by atoms with Gasteiger partial charge in [0.1, 0.15) is 11.5 Å². The number of ether oxygens (including phenoxy) is 2.